The number of pyridine rings is 1. The Bertz CT molecular complexity index is 840. The second-order valence-electron chi connectivity index (χ2n) is 7.63. The molecule has 2 saturated heterocycles. The van der Waals surface area contributed by atoms with Crippen LogP contribution in [0.15, 0.2) is 6.20 Å². The van der Waals surface area contributed by atoms with Gasteiger partial charge in [-0.15, -0.1) is 0 Å². The van der Waals surface area contributed by atoms with Crippen molar-refractivity contribution in [1.82, 2.24) is 19.7 Å². The SMILES string of the molecule is CCOC(=O)c1cnc2c(c(C)nn2C)c1N1CCCC(N2CCCC2)C1. The van der Waals surface area contributed by atoms with Crippen LogP contribution in [0.1, 0.15) is 48.7 Å². The van der Waals surface area contributed by atoms with Gasteiger partial charge in [-0.2, -0.15) is 5.10 Å². The topological polar surface area (TPSA) is 63.5 Å². The first-order chi connectivity index (χ1) is 13.1. The Morgan fingerprint density at radius 1 is 1.26 bits per heavy atom. The fourth-order valence-corrected chi connectivity index (χ4v) is 4.64. The molecule has 0 spiro atoms. The van der Waals surface area contributed by atoms with E-state index in [4.69, 9.17) is 4.74 Å². The highest BCUT2D eigenvalue weighted by Crippen LogP contribution is 2.35. The number of rotatable bonds is 4. The molecule has 0 N–H and O–H groups in total. The predicted octanol–water partition coefficient (Wildman–Crippen LogP) is 2.52. The maximum Gasteiger partial charge on any atom is 0.341 e. The molecule has 2 aliphatic heterocycles. The molecule has 0 bridgehead atoms. The molecule has 2 aromatic rings. The van der Waals surface area contributed by atoms with Gasteiger partial charge in [0, 0.05) is 32.4 Å². The number of fused-ring (bicyclic) bond motifs is 1. The van der Waals surface area contributed by atoms with Gasteiger partial charge in [0.15, 0.2) is 5.65 Å². The number of ether oxygens (including phenoxy) is 1. The van der Waals surface area contributed by atoms with E-state index in [1.807, 2.05) is 20.9 Å². The summed E-state index contributed by atoms with van der Waals surface area (Å²) in [5.74, 6) is -0.298. The van der Waals surface area contributed by atoms with Crippen LogP contribution in [0.3, 0.4) is 0 Å². The van der Waals surface area contributed by atoms with Crippen molar-refractivity contribution in [2.24, 2.45) is 7.05 Å². The molecule has 146 valence electrons. The van der Waals surface area contributed by atoms with E-state index in [1.54, 1.807) is 10.9 Å². The summed E-state index contributed by atoms with van der Waals surface area (Å²) in [6.45, 7) is 8.47. The van der Waals surface area contributed by atoms with Crippen molar-refractivity contribution >= 4 is 22.7 Å². The molecule has 7 heteroatoms. The van der Waals surface area contributed by atoms with Crippen LogP contribution >= 0.6 is 0 Å². The third-order valence-electron chi connectivity index (χ3n) is 5.86. The number of likely N-dealkylation sites (tertiary alicyclic amines) is 1. The van der Waals surface area contributed by atoms with Crippen LogP contribution in [0.25, 0.3) is 11.0 Å². The van der Waals surface area contributed by atoms with Gasteiger partial charge in [-0.25, -0.2) is 9.78 Å². The molecule has 0 amide bonds. The fraction of sp³-hybridized carbons (Fsp3) is 0.650. The molecule has 2 aliphatic rings. The smallest absolute Gasteiger partial charge is 0.341 e. The van der Waals surface area contributed by atoms with Crippen molar-refractivity contribution < 1.29 is 9.53 Å². The first-order valence-electron chi connectivity index (χ1n) is 10.1. The Balaban J connectivity index is 1.77. The lowest BCUT2D eigenvalue weighted by Crippen LogP contribution is -2.47. The van der Waals surface area contributed by atoms with Crippen LogP contribution in [0, 0.1) is 6.92 Å². The van der Waals surface area contributed by atoms with E-state index in [2.05, 4.69) is 19.9 Å². The zero-order chi connectivity index (χ0) is 19.0. The number of aromatic nitrogens is 3. The molecule has 2 aromatic heterocycles. The van der Waals surface area contributed by atoms with E-state index in [1.165, 1.54) is 32.4 Å². The monoisotopic (exact) mass is 371 g/mol. The van der Waals surface area contributed by atoms with Crippen molar-refractivity contribution in [3.05, 3.63) is 17.5 Å². The van der Waals surface area contributed by atoms with Gasteiger partial charge in [-0.3, -0.25) is 9.58 Å². The highest BCUT2D eigenvalue weighted by molar-refractivity contribution is 6.05. The van der Waals surface area contributed by atoms with Crippen LogP contribution in [0.4, 0.5) is 5.69 Å². The molecule has 1 unspecified atom stereocenters. The molecule has 0 aromatic carbocycles. The fourth-order valence-electron chi connectivity index (χ4n) is 4.64. The van der Waals surface area contributed by atoms with Crippen LogP contribution in [0.2, 0.25) is 0 Å². The molecule has 27 heavy (non-hydrogen) atoms. The van der Waals surface area contributed by atoms with Gasteiger partial charge in [0.05, 0.1) is 23.4 Å². The summed E-state index contributed by atoms with van der Waals surface area (Å²) < 4.78 is 7.14. The van der Waals surface area contributed by atoms with E-state index in [0.717, 1.165) is 41.9 Å². The molecule has 7 nitrogen and oxygen atoms in total. The molecule has 0 saturated carbocycles. The highest BCUT2D eigenvalue weighted by Gasteiger charge is 2.31. The number of esters is 1. The van der Waals surface area contributed by atoms with Gasteiger partial charge in [0.1, 0.15) is 5.56 Å². The first-order valence-corrected chi connectivity index (χ1v) is 10.1. The Morgan fingerprint density at radius 3 is 2.78 bits per heavy atom. The molecule has 4 heterocycles. The zero-order valence-corrected chi connectivity index (χ0v) is 16.6. The quantitative estimate of drug-likeness (QED) is 0.770. The summed E-state index contributed by atoms with van der Waals surface area (Å²) in [4.78, 5) is 22.2. The van der Waals surface area contributed by atoms with Crippen molar-refractivity contribution in [3.63, 3.8) is 0 Å². The van der Waals surface area contributed by atoms with Gasteiger partial charge in [0.25, 0.3) is 0 Å². The number of hydrogen-bond acceptors (Lipinski definition) is 6. The lowest BCUT2D eigenvalue weighted by atomic mass is 10.0. The van der Waals surface area contributed by atoms with E-state index < -0.39 is 0 Å². The highest BCUT2D eigenvalue weighted by atomic mass is 16.5. The minimum atomic E-state index is -0.298. The zero-order valence-electron chi connectivity index (χ0n) is 16.6. The number of hydrogen-bond donors (Lipinski definition) is 0. The van der Waals surface area contributed by atoms with E-state index in [9.17, 15) is 4.79 Å². The number of nitrogens with zero attached hydrogens (tertiary/aromatic N) is 5. The number of carbonyl (C=O) groups excluding carboxylic acids is 1. The lowest BCUT2D eigenvalue weighted by Gasteiger charge is -2.39. The van der Waals surface area contributed by atoms with E-state index >= 15 is 0 Å². The Hall–Kier alpha value is -2.15. The average Bonchev–Trinajstić information content (AvgIpc) is 3.30. The molecule has 1 atom stereocenters. The standard InChI is InChI=1S/C20H29N5O2/c1-4-27-20(26)16-12-21-19-17(14(2)22-23(19)3)18(16)25-11-7-8-15(13-25)24-9-5-6-10-24/h12,15H,4-11,13H2,1-3H3. The van der Waals surface area contributed by atoms with Crippen LogP contribution < -0.4 is 4.90 Å². The van der Waals surface area contributed by atoms with Crippen LogP contribution in [-0.4, -0.2) is 64.5 Å². The van der Waals surface area contributed by atoms with Crippen molar-refractivity contribution in [1.29, 1.82) is 0 Å². The molecule has 4 rings (SSSR count). The van der Waals surface area contributed by atoms with E-state index in [0.29, 0.717) is 18.2 Å². The largest absolute Gasteiger partial charge is 0.462 e. The summed E-state index contributed by atoms with van der Waals surface area (Å²) >= 11 is 0. The Labute approximate surface area is 160 Å². The van der Waals surface area contributed by atoms with Gasteiger partial charge in [-0.05, 0) is 52.6 Å². The third kappa shape index (κ3) is 3.29. The molecular weight excluding hydrogens is 342 g/mol. The second kappa shape index (κ2) is 7.46. The number of anilines is 1. The van der Waals surface area contributed by atoms with Crippen molar-refractivity contribution in [3.8, 4) is 0 Å². The normalized spacial score (nSPS) is 21.1. The summed E-state index contributed by atoms with van der Waals surface area (Å²) in [6, 6.07) is 0.552. The van der Waals surface area contributed by atoms with Crippen molar-refractivity contribution in [2.75, 3.05) is 37.7 Å². The predicted molar refractivity (Wildman–Crippen MR) is 105 cm³/mol. The maximum absolute atomic E-state index is 12.7. The van der Waals surface area contributed by atoms with Crippen molar-refractivity contribution in [2.45, 2.75) is 45.6 Å². The second-order valence-corrected chi connectivity index (χ2v) is 7.63. The minimum absolute atomic E-state index is 0.298. The number of carbonyl (C=O) groups is 1. The van der Waals surface area contributed by atoms with Gasteiger partial charge < -0.3 is 9.64 Å². The van der Waals surface area contributed by atoms with Gasteiger partial charge in [-0.1, -0.05) is 0 Å². The summed E-state index contributed by atoms with van der Waals surface area (Å²) in [6.07, 6.45) is 6.62. The van der Waals surface area contributed by atoms with Gasteiger partial charge in [0.2, 0.25) is 0 Å². The number of aryl methyl sites for hydroxylation is 2. The Morgan fingerprint density at radius 2 is 2.04 bits per heavy atom. The number of piperidine rings is 1. The Kier molecular flexibility index (Phi) is 5.04. The van der Waals surface area contributed by atoms with Crippen LogP contribution in [0.5, 0.6) is 0 Å². The molecule has 0 radical (unpaired) electrons. The van der Waals surface area contributed by atoms with E-state index in [-0.39, 0.29) is 5.97 Å². The molecule has 2 fully saturated rings. The summed E-state index contributed by atoms with van der Waals surface area (Å²) in [5.41, 5.74) is 3.23. The summed E-state index contributed by atoms with van der Waals surface area (Å²) in [7, 11) is 1.90. The lowest BCUT2D eigenvalue weighted by molar-refractivity contribution is 0.0526. The minimum Gasteiger partial charge on any atom is -0.462 e. The third-order valence-corrected chi connectivity index (χ3v) is 5.86. The first kappa shape index (κ1) is 18.2. The average molecular weight is 371 g/mol. The van der Waals surface area contributed by atoms with Gasteiger partial charge >= 0.3 is 5.97 Å². The van der Waals surface area contributed by atoms with Crippen LogP contribution in [-0.2, 0) is 11.8 Å². The maximum atomic E-state index is 12.7. The summed E-state index contributed by atoms with van der Waals surface area (Å²) in [5, 5.41) is 5.53. The molecule has 0 aliphatic carbocycles. The molecular formula is C20H29N5O2.